The van der Waals surface area contributed by atoms with Gasteiger partial charge in [-0.25, -0.2) is 9.48 Å². The lowest BCUT2D eigenvalue weighted by Crippen LogP contribution is -2.35. The van der Waals surface area contributed by atoms with E-state index in [9.17, 15) is 9.59 Å². The highest BCUT2D eigenvalue weighted by atomic mass is 32.1. The summed E-state index contributed by atoms with van der Waals surface area (Å²) in [7, 11) is 0. The number of carbonyl (C=O) groups is 2. The summed E-state index contributed by atoms with van der Waals surface area (Å²) in [6, 6.07) is 11.7. The van der Waals surface area contributed by atoms with Crippen LogP contribution in [-0.4, -0.2) is 52.9 Å². The molecule has 134 valence electrons. The number of carbonyl (C=O) groups excluding carboxylic acids is 2. The van der Waals surface area contributed by atoms with Gasteiger partial charge >= 0.3 is 6.09 Å². The number of ether oxygens (including phenoxy) is 1. The molecule has 26 heavy (non-hydrogen) atoms. The van der Waals surface area contributed by atoms with Gasteiger partial charge in [-0.05, 0) is 25.1 Å². The SMILES string of the molecule is Cc1nn(-c2ccccc2)c2sc(C(=O)NCCN3CCOC3=O)cc12. The van der Waals surface area contributed by atoms with Crippen molar-refractivity contribution in [3.05, 3.63) is 47.0 Å². The number of para-hydroxylation sites is 1. The number of amides is 2. The molecule has 0 unspecified atom stereocenters. The molecule has 2 amide bonds. The van der Waals surface area contributed by atoms with Crippen molar-refractivity contribution in [2.45, 2.75) is 6.92 Å². The summed E-state index contributed by atoms with van der Waals surface area (Å²) in [4.78, 5) is 27.0. The molecule has 2 aromatic heterocycles. The van der Waals surface area contributed by atoms with Crippen LogP contribution in [0.15, 0.2) is 36.4 Å². The Morgan fingerprint density at radius 3 is 2.88 bits per heavy atom. The van der Waals surface area contributed by atoms with Crippen molar-refractivity contribution in [2.75, 3.05) is 26.2 Å². The van der Waals surface area contributed by atoms with Crippen molar-refractivity contribution in [2.24, 2.45) is 0 Å². The van der Waals surface area contributed by atoms with E-state index >= 15 is 0 Å². The molecule has 7 nitrogen and oxygen atoms in total. The van der Waals surface area contributed by atoms with Gasteiger partial charge in [0.2, 0.25) is 0 Å². The van der Waals surface area contributed by atoms with Crippen LogP contribution in [0.25, 0.3) is 15.9 Å². The molecule has 1 fully saturated rings. The maximum atomic E-state index is 12.5. The summed E-state index contributed by atoms with van der Waals surface area (Å²) in [5.74, 6) is -0.141. The Labute approximate surface area is 154 Å². The third-order valence-electron chi connectivity index (χ3n) is 4.28. The first-order chi connectivity index (χ1) is 12.6. The second-order valence-corrected chi connectivity index (χ2v) is 7.05. The number of nitrogens with one attached hydrogen (secondary N) is 1. The third-order valence-corrected chi connectivity index (χ3v) is 5.39. The quantitative estimate of drug-likeness (QED) is 0.749. The molecule has 4 rings (SSSR count). The predicted octanol–water partition coefficient (Wildman–Crippen LogP) is 2.58. The molecule has 1 N–H and O–H groups in total. The van der Waals surface area contributed by atoms with Crippen LogP contribution in [0.5, 0.6) is 0 Å². The maximum Gasteiger partial charge on any atom is 0.409 e. The second-order valence-electron chi connectivity index (χ2n) is 6.02. The van der Waals surface area contributed by atoms with Crippen molar-refractivity contribution >= 4 is 33.6 Å². The Balaban J connectivity index is 1.50. The van der Waals surface area contributed by atoms with Crippen LogP contribution < -0.4 is 5.32 Å². The zero-order valence-electron chi connectivity index (χ0n) is 14.3. The molecule has 3 heterocycles. The first-order valence-corrected chi connectivity index (χ1v) is 9.19. The molecule has 0 saturated carbocycles. The largest absolute Gasteiger partial charge is 0.448 e. The van der Waals surface area contributed by atoms with Gasteiger partial charge in [0.15, 0.2) is 0 Å². The van der Waals surface area contributed by atoms with E-state index in [-0.39, 0.29) is 12.0 Å². The van der Waals surface area contributed by atoms with Gasteiger partial charge in [0.05, 0.1) is 22.8 Å². The van der Waals surface area contributed by atoms with Gasteiger partial charge in [-0.15, -0.1) is 11.3 Å². The van der Waals surface area contributed by atoms with Crippen LogP contribution in [0, 0.1) is 6.92 Å². The number of cyclic esters (lactones) is 1. The normalized spacial score (nSPS) is 14.0. The van der Waals surface area contributed by atoms with E-state index < -0.39 is 0 Å². The molecular formula is C18H18N4O3S. The molecule has 0 spiro atoms. The molecule has 0 bridgehead atoms. The fraction of sp³-hybridized carbons (Fsp3) is 0.278. The van der Waals surface area contributed by atoms with Crippen LogP contribution in [-0.2, 0) is 4.74 Å². The fourth-order valence-electron chi connectivity index (χ4n) is 2.92. The van der Waals surface area contributed by atoms with Crippen molar-refractivity contribution in [1.29, 1.82) is 0 Å². The molecule has 3 aromatic rings. The number of rotatable bonds is 5. The van der Waals surface area contributed by atoms with Gasteiger partial charge in [0, 0.05) is 18.5 Å². The number of fused-ring (bicyclic) bond motifs is 1. The molecule has 8 heteroatoms. The maximum absolute atomic E-state index is 12.5. The Hall–Kier alpha value is -2.87. The first kappa shape index (κ1) is 16.6. The number of benzene rings is 1. The molecule has 0 aliphatic carbocycles. The standard InChI is InChI=1S/C18H18N4O3S/c1-12-14-11-15(16(23)19-7-8-21-9-10-25-18(21)24)26-17(14)22(20-12)13-5-3-2-4-6-13/h2-6,11H,7-10H2,1H3,(H,19,23). The summed E-state index contributed by atoms with van der Waals surface area (Å²) < 4.78 is 6.74. The van der Waals surface area contributed by atoms with E-state index in [0.717, 1.165) is 21.6 Å². The molecule has 1 aliphatic heterocycles. The minimum atomic E-state index is -0.320. The minimum absolute atomic E-state index is 0.141. The zero-order valence-corrected chi connectivity index (χ0v) is 15.1. The lowest BCUT2D eigenvalue weighted by molar-refractivity contribution is 0.0953. The van der Waals surface area contributed by atoms with E-state index in [1.807, 2.05) is 48.0 Å². The summed E-state index contributed by atoms with van der Waals surface area (Å²) in [6.07, 6.45) is -0.320. The second kappa shape index (κ2) is 6.80. The number of thiophene rings is 1. The average molecular weight is 370 g/mol. The number of hydrogen-bond acceptors (Lipinski definition) is 5. The summed E-state index contributed by atoms with van der Waals surface area (Å²) in [5.41, 5.74) is 1.85. The first-order valence-electron chi connectivity index (χ1n) is 8.38. The van der Waals surface area contributed by atoms with E-state index in [1.165, 1.54) is 11.3 Å². The van der Waals surface area contributed by atoms with Crippen LogP contribution in [0.4, 0.5) is 4.79 Å². The van der Waals surface area contributed by atoms with Gasteiger partial charge in [-0.2, -0.15) is 5.10 Å². The zero-order chi connectivity index (χ0) is 18.1. The highest BCUT2D eigenvalue weighted by molar-refractivity contribution is 7.20. The van der Waals surface area contributed by atoms with Gasteiger partial charge in [-0.1, -0.05) is 18.2 Å². The number of aryl methyl sites for hydroxylation is 1. The molecule has 1 aliphatic rings. The number of aromatic nitrogens is 2. The summed E-state index contributed by atoms with van der Waals surface area (Å²) in [6.45, 7) is 3.77. The number of hydrogen-bond donors (Lipinski definition) is 1. The van der Waals surface area contributed by atoms with Crippen molar-refractivity contribution in [1.82, 2.24) is 20.0 Å². The van der Waals surface area contributed by atoms with Crippen molar-refractivity contribution in [3.63, 3.8) is 0 Å². The van der Waals surface area contributed by atoms with Crippen LogP contribution in [0.2, 0.25) is 0 Å². The fourth-order valence-corrected chi connectivity index (χ4v) is 4.02. The smallest absolute Gasteiger partial charge is 0.409 e. The van der Waals surface area contributed by atoms with Crippen molar-refractivity contribution < 1.29 is 14.3 Å². The van der Waals surface area contributed by atoms with E-state index in [4.69, 9.17) is 4.74 Å². The average Bonchev–Trinajstić information content (AvgIpc) is 3.33. The van der Waals surface area contributed by atoms with E-state index in [1.54, 1.807) is 4.90 Å². The predicted molar refractivity (Wildman–Crippen MR) is 98.9 cm³/mol. The van der Waals surface area contributed by atoms with Gasteiger partial charge in [0.1, 0.15) is 11.4 Å². The van der Waals surface area contributed by atoms with Gasteiger partial charge in [0.25, 0.3) is 5.91 Å². The van der Waals surface area contributed by atoms with Gasteiger partial charge in [-0.3, -0.25) is 4.79 Å². The Morgan fingerprint density at radius 1 is 1.35 bits per heavy atom. The molecule has 1 saturated heterocycles. The highest BCUT2D eigenvalue weighted by Crippen LogP contribution is 2.30. The van der Waals surface area contributed by atoms with Crippen LogP contribution >= 0.6 is 11.3 Å². The molecule has 0 radical (unpaired) electrons. The van der Waals surface area contributed by atoms with Crippen LogP contribution in [0.1, 0.15) is 15.4 Å². The third kappa shape index (κ3) is 3.03. The van der Waals surface area contributed by atoms with Gasteiger partial charge < -0.3 is 15.0 Å². The lowest BCUT2D eigenvalue weighted by Gasteiger charge is -2.12. The Bertz CT molecular complexity index is 964. The van der Waals surface area contributed by atoms with E-state index in [2.05, 4.69) is 10.4 Å². The summed E-state index contributed by atoms with van der Waals surface area (Å²) in [5, 5.41) is 8.43. The topological polar surface area (TPSA) is 76.5 Å². The minimum Gasteiger partial charge on any atom is -0.448 e. The Morgan fingerprint density at radius 2 is 2.15 bits per heavy atom. The molecular weight excluding hydrogens is 352 g/mol. The monoisotopic (exact) mass is 370 g/mol. The molecule has 0 atom stereocenters. The van der Waals surface area contributed by atoms with Crippen molar-refractivity contribution in [3.8, 4) is 5.69 Å². The Kier molecular flexibility index (Phi) is 4.34. The van der Waals surface area contributed by atoms with Crippen LogP contribution in [0.3, 0.4) is 0 Å². The molecule has 1 aromatic carbocycles. The number of nitrogens with zero attached hydrogens (tertiary/aromatic N) is 3. The van der Waals surface area contributed by atoms with E-state index in [0.29, 0.717) is 31.1 Å². The summed E-state index contributed by atoms with van der Waals surface area (Å²) >= 11 is 1.41. The highest BCUT2D eigenvalue weighted by Gasteiger charge is 2.22. The lowest BCUT2D eigenvalue weighted by atomic mass is 10.3.